The van der Waals surface area contributed by atoms with E-state index in [1.807, 2.05) is 6.08 Å². The monoisotopic (exact) mass is 193 g/mol. The van der Waals surface area contributed by atoms with Gasteiger partial charge >= 0.3 is 0 Å². The minimum absolute atomic E-state index is 0.336. The van der Waals surface area contributed by atoms with Crippen molar-refractivity contribution in [3.63, 3.8) is 0 Å². The summed E-state index contributed by atoms with van der Waals surface area (Å²) in [5.74, 6) is 1.59. The van der Waals surface area contributed by atoms with E-state index in [2.05, 4.69) is 11.4 Å². The molecule has 1 aliphatic carbocycles. The number of carbonyl (C=O) groups excluding carboxylic acids is 1. The van der Waals surface area contributed by atoms with Gasteiger partial charge in [-0.3, -0.25) is 4.79 Å². The lowest BCUT2D eigenvalue weighted by Gasteiger charge is -2.26. The number of Topliss-reactive ketones (excluding diaryl/α,β-unsaturated/α-hetero) is 1. The molecule has 2 nitrogen and oxygen atoms in total. The van der Waals surface area contributed by atoms with E-state index in [-0.39, 0.29) is 0 Å². The van der Waals surface area contributed by atoms with Crippen molar-refractivity contribution < 1.29 is 4.79 Å². The fraction of sp³-hybridized carbons (Fsp3) is 0.750. The van der Waals surface area contributed by atoms with Crippen LogP contribution in [0.25, 0.3) is 0 Å². The van der Waals surface area contributed by atoms with Gasteiger partial charge in [-0.15, -0.1) is 0 Å². The molecule has 1 atom stereocenters. The van der Waals surface area contributed by atoms with E-state index in [1.54, 1.807) is 0 Å². The maximum atomic E-state index is 11.6. The normalized spacial score (nSPS) is 29.4. The van der Waals surface area contributed by atoms with Gasteiger partial charge in [0.05, 0.1) is 0 Å². The van der Waals surface area contributed by atoms with Crippen LogP contribution in [-0.2, 0) is 4.79 Å². The summed E-state index contributed by atoms with van der Waals surface area (Å²) < 4.78 is 0. The maximum Gasteiger partial charge on any atom is 0.140 e. The highest BCUT2D eigenvalue weighted by Gasteiger charge is 2.23. The minimum atomic E-state index is 0.336. The van der Waals surface area contributed by atoms with Gasteiger partial charge < -0.3 is 5.32 Å². The summed E-state index contributed by atoms with van der Waals surface area (Å²) in [5, 5.41) is 3.36. The van der Waals surface area contributed by atoms with Crippen LogP contribution in [0.1, 0.15) is 32.1 Å². The van der Waals surface area contributed by atoms with Gasteiger partial charge in [0.15, 0.2) is 0 Å². The minimum Gasteiger partial charge on any atom is -0.317 e. The van der Waals surface area contributed by atoms with Crippen molar-refractivity contribution in [3.05, 3.63) is 12.2 Å². The predicted octanol–water partition coefficient (Wildman–Crippen LogP) is 1.91. The van der Waals surface area contributed by atoms with Gasteiger partial charge in [-0.25, -0.2) is 0 Å². The molecule has 2 heteroatoms. The highest BCUT2D eigenvalue weighted by Crippen LogP contribution is 2.26. The van der Waals surface area contributed by atoms with Crippen molar-refractivity contribution in [1.29, 1.82) is 0 Å². The van der Waals surface area contributed by atoms with Crippen molar-refractivity contribution in [2.24, 2.45) is 11.8 Å². The fourth-order valence-electron chi connectivity index (χ4n) is 2.51. The third kappa shape index (κ3) is 2.44. The van der Waals surface area contributed by atoms with E-state index < -0.39 is 0 Å². The highest BCUT2D eigenvalue weighted by molar-refractivity contribution is 5.83. The summed E-state index contributed by atoms with van der Waals surface area (Å²) in [4.78, 5) is 11.6. The third-order valence-corrected chi connectivity index (χ3v) is 3.44. The molecule has 0 aromatic rings. The lowest BCUT2D eigenvalue weighted by Crippen LogP contribution is -2.30. The van der Waals surface area contributed by atoms with E-state index >= 15 is 0 Å². The zero-order valence-corrected chi connectivity index (χ0v) is 8.67. The smallest absolute Gasteiger partial charge is 0.140 e. The van der Waals surface area contributed by atoms with Crippen molar-refractivity contribution in [3.8, 4) is 0 Å². The molecule has 0 spiro atoms. The third-order valence-electron chi connectivity index (χ3n) is 3.44. The Bertz CT molecular complexity index is 228. The lowest BCUT2D eigenvalue weighted by atomic mass is 9.81. The SMILES string of the molecule is O=C1CC=CCC1CC1CCNCC1. The number of allylic oxidation sites excluding steroid dienone is 2. The quantitative estimate of drug-likeness (QED) is 0.679. The zero-order chi connectivity index (χ0) is 9.80. The number of hydrogen-bond donors (Lipinski definition) is 1. The summed E-state index contributed by atoms with van der Waals surface area (Å²) in [5.41, 5.74) is 0. The molecule has 0 radical (unpaired) electrons. The molecule has 1 unspecified atom stereocenters. The van der Waals surface area contributed by atoms with Crippen LogP contribution < -0.4 is 5.32 Å². The highest BCUT2D eigenvalue weighted by atomic mass is 16.1. The van der Waals surface area contributed by atoms with Crippen LogP contribution in [0.15, 0.2) is 12.2 Å². The molecule has 14 heavy (non-hydrogen) atoms. The molecule has 78 valence electrons. The first-order valence-electron chi connectivity index (χ1n) is 5.74. The summed E-state index contributed by atoms with van der Waals surface area (Å²) in [6.07, 6.45) is 9.50. The van der Waals surface area contributed by atoms with Crippen LogP contribution in [0.2, 0.25) is 0 Å². The molecule has 1 fully saturated rings. The molecule has 0 aromatic heterocycles. The first kappa shape index (κ1) is 9.91. The van der Waals surface area contributed by atoms with Crippen LogP contribution in [-0.4, -0.2) is 18.9 Å². The average molecular weight is 193 g/mol. The summed E-state index contributed by atoms with van der Waals surface area (Å²) >= 11 is 0. The molecular weight excluding hydrogens is 174 g/mol. The molecule has 0 amide bonds. The Morgan fingerprint density at radius 1 is 1.29 bits per heavy atom. The van der Waals surface area contributed by atoms with E-state index in [1.165, 1.54) is 12.8 Å². The Labute approximate surface area is 85.8 Å². The summed E-state index contributed by atoms with van der Waals surface area (Å²) in [6, 6.07) is 0. The second-order valence-electron chi connectivity index (χ2n) is 4.50. The van der Waals surface area contributed by atoms with E-state index in [4.69, 9.17) is 0 Å². The Balaban J connectivity index is 1.83. The van der Waals surface area contributed by atoms with Crippen LogP contribution in [0.3, 0.4) is 0 Å². The first-order valence-corrected chi connectivity index (χ1v) is 5.74. The van der Waals surface area contributed by atoms with Crippen LogP contribution in [0.4, 0.5) is 0 Å². The first-order chi connectivity index (χ1) is 6.86. The Morgan fingerprint density at radius 3 is 2.79 bits per heavy atom. The fourth-order valence-corrected chi connectivity index (χ4v) is 2.51. The Morgan fingerprint density at radius 2 is 2.07 bits per heavy atom. The van der Waals surface area contributed by atoms with Gasteiger partial charge in [0.2, 0.25) is 0 Å². The largest absolute Gasteiger partial charge is 0.317 e. The molecule has 1 aliphatic heterocycles. The molecule has 0 saturated carbocycles. The molecule has 0 aromatic carbocycles. The van der Waals surface area contributed by atoms with Gasteiger partial charge in [-0.2, -0.15) is 0 Å². The zero-order valence-electron chi connectivity index (χ0n) is 8.67. The molecule has 2 rings (SSSR count). The molecule has 2 aliphatic rings. The lowest BCUT2D eigenvalue weighted by molar-refractivity contribution is -0.122. The number of nitrogens with one attached hydrogen (secondary N) is 1. The van der Waals surface area contributed by atoms with E-state index in [0.29, 0.717) is 18.1 Å². The Hall–Kier alpha value is -0.630. The molecule has 1 heterocycles. The Kier molecular flexibility index (Phi) is 3.35. The topological polar surface area (TPSA) is 29.1 Å². The summed E-state index contributed by atoms with van der Waals surface area (Å²) in [6.45, 7) is 2.28. The van der Waals surface area contributed by atoms with Crippen molar-refractivity contribution in [1.82, 2.24) is 5.32 Å². The van der Waals surface area contributed by atoms with Crippen LogP contribution in [0, 0.1) is 11.8 Å². The van der Waals surface area contributed by atoms with Gasteiger partial charge in [-0.1, -0.05) is 12.2 Å². The van der Waals surface area contributed by atoms with Crippen molar-refractivity contribution >= 4 is 5.78 Å². The van der Waals surface area contributed by atoms with Crippen LogP contribution >= 0.6 is 0 Å². The number of ketones is 1. The van der Waals surface area contributed by atoms with E-state index in [9.17, 15) is 4.79 Å². The van der Waals surface area contributed by atoms with E-state index in [0.717, 1.165) is 31.8 Å². The van der Waals surface area contributed by atoms with Gasteiger partial charge in [0, 0.05) is 12.3 Å². The van der Waals surface area contributed by atoms with Crippen molar-refractivity contribution in [2.75, 3.05) is 13.1 Å². The predicted molar refractivity (Wildman–Crippen MR) is 57.1 cm³/mol. The van der Waals surface area contributed by atoms with Gasteiger partial charge in [0.1, 0.15) is 5.78 Å². The average Bonchev–Trinajstić information content (AvgIpc) is 2.23. The number of rotatable bonds is 2. The second kappa shape index (κ2) is 4.74. The van der Waals surface area contributed by atoms with Gasteiger partial charge in [-0.05, 0) is 44.7 Å². The molecule has 0 bridgehead atoms. The number of hydrogen-bond acceptors (Lipinski definition) is 2. The molecule has 1 saturated heterocycles. The van der Waals surface area contributed by atoms with Crippen molar-refractivity contribution in [2.45, 2.75) is 32.1 Å². The maximum absolute atomic E-state index is 11.6. The standard InChI is InChI=1S/C12H19NO/c14-12-4-2-1-3-11(12)9-10-5-7-13-8-6-10/h1-2,10-11,13H,3-9H2. The second-order valence-corrected chi connectivity index (χ2v) is 4.50. The number of piperidine rings is 1. The van der Waals surface area contributed by atoms with Gasteiger partial charge in [0.25, 0.3) is 0 Å². The summed E-state index contributed by atoms with van der Waals surface area (Å²) in [7, 11) is 0. The molecule has 1 N–H and O–H groups in total. The number of carbonyl (C=O) groups is 1. The molecular formula is C12H19NO. The van der Waals surface area contributed by atoms with Crippen LogP contribution in [0.5, 0.6) is 0 Å².